The fraction of sp³-hybridized carbons (Fsp3) is 0.231. The molecule has 1 amide bonds. The zero-order chi connectivity index (χ0) is 22.7. The number of aromatic carboxylic acids is 1. The van der Waals surface area contributed by atoms with Gasteiger partial charge in [0.1, 0.15) is 17.1 Å². The largest absolute Gasteiger partial charge is 0.497 e. The minimum absolute atomic E-state index is 0.0643. The lowest BCUT2D eigenvalue weighted by Gasteiger charge is -2.12. The molecule has 3 aromatic carbocycles. The summed E-state index contributed by atoms with van der Waals surface area (Å²) in [5.41, 5.74) is 6.75. The van der Waals surface area contributed by atoms with Crippen LogP contribution in [0.4, 0.5) is 0 Å². The standard InChI is InChI=1S/C26H25NO5/c1-31-19-12-18(22-13-17-5-3-4-6-20(17)23(22)15-19)14-25(28)27-10-9-16-7-8-21(26(29)30)24(11-16)32-2/h3-8,11-12,15H,9-10,13-14H2,1-2H3,(H,27,28)(H,29,30). The van der Waals surface area contributed by atoms with E-state index in [1.807, 2.05) is 24.3 Å². The first-order chi connectivity index (χ1) is 15.5. The number of nitrogens with one attached hydrogen (secondary N) is 1. The first kappa shape index (κ1) is 21.4. The van der Waals surface area contributed by atoms with Crippen LogP contribution in [0.15, 0.2) is 54.6 Å². The second-order valence-electron chi connectivity index (χ2n) is 7.76. The number of carbonyl (C=O) groups excluding carboxylic acids is 1. The third-order valence-electron chi connectivity index (χ3n) is 5.81. The van der Waals surface area contributed by atoms with Gasteiger partial charge in [0, 0.05) is 6.54 Å². The third kappa shape index (κ3) is 4.30. The number of rotatable bonds is 8. The number of fused-ring (bicyclic) bond motifs is 3. The lowest BCUT2D eigenvalue weighted by atomic mass is 9.98. The summed E-state index contributed by atoms with van der Waals surface area (Å²) in [6.07, 6.45) is 1.66. The Labute approximate surface area is 186 Å². The van der Waals surface area contributed by atoms with Crippen molar-refractivity contribution in [3.8, 4) is 22.6 Å². The van der Waals surface area contributed by atoms with E-state index in [1.165, 1.54) is 29.9 Å². The molecule has 0 aliphatic heterocycles. The first-order valence-electron chi connectivity index (χ1n) is 10.4. The number of carboxylic acids is 1. The van der Waals surface area contributed by atoms with Gasteiger partial charge >= 0.3 is 5.97 Å². The van der Waals surface area contributed by atoms with E-state index in [0.717, 1.165) is 28.9 Å². The zero-order valence-electron chi connectivity index (χ0n) is 18.1. The quantitative estimate of drug-likeness (QED) is 0.442. The first-order valence-corrected chi connectivity index (χ1v) is 10.4. The number of amides is 1. The lowest BCUT2D eigenvalue weighted by molar-refractivity contribution is -0.120. The van der Waals surface area contributed by atoms with E-state index in [1.54, 1.807) is 19.2 Å². The number of benzene rings is 3. The van der Waals surface area contributed by atoms with Crippen LogP contribution >= 0.6 is 0 Å². The summed E-state index contributed by atoms with van der Waals surface area (Å²) in [5, 5.41) is 12.2. The van der Waals surface area contributed by atoms with E-state index in [-0.39, 0.29) is 17.9 Å². The summed E-state index contributed by atoms with van der Waals surface area (Å²) < 4.78 is 10.6. The second-order valence-corrected chi connectivity index (χ2v) is 7.76. The molecule has 1 aliphatic rings. The highest BCUT2D eigenvalue weighted by Gasteiger charge is 2.23. The number of ether oxygens (including phenoxy) is 2. The number of carboxylic acid groups (broad SMARTS) is 1. The monoisotopic (exact) mass is 431 g/mol. The molecule has 4 rings (SSSR count). The van der Waals surface area contributed by atoms with Crippen molar-refractivity contribution in [2.24, 2.45) is 0 Å². The van der Waals surface area contributed by atoms with E-state index in [9.17, 15) is 14.7 Å². The molecule has 0 radical (unpaired) electrons. The highest BCUT2D eigenvalue weighted by atomic mass is 16.5. The highest BCUT2D eigenvalue weighted by Crippen LogP contribution is 2.40. The van der Waals surface area contributed by atoms with Crippen LogP contribution in [0.25, 0.3) is 11.1 Å². The Hall–Kier alpha value is -3.80. The molecule has 0 saturated carbocycles. The highest BCUT2D eigenvalue weighted by molar-refractivity contribution is 5.91. The smallest absolute Gasteiger partial charge is 0.339 e. The van der Waals surface area contributed by atoms with Gasteiger partial charge in [-0.3, -0.25) is 4.79 Å². The van der Waals surface area contributed by atoms with Crippen molar-refractivity contribution in [2.45, 2.75) is 19.3 Å². The summed E-state index contributed by atoms with van der Waals surface area (Å²) >= 11 is 0. The SMILES string of the molecule is COc1cc(CC(=O)NCCc2ccc(C(=O)O)c(OC)c2)c2c(c1)-c1ccccc1C2. The van der Waals surface area contributed by atoms with Crippen molar-refractivity contribution in [1.82, 2.24) is 5.32 Å². The van der Waals surface area contributed by atoms with Gasteiger partial charge in [-0.15, -0.1) is 0 Å². The molecule has 0 unspecified atom stereocenters. The van der Waals surface area contributed by atoms with E-state index >= 15 is 0 Å². The summed E-state index contributed by atoms with van der Waals surface area (Å²) in [4.78, 5) is 23.9. The van der Waals surface area contributed by atoms with Crippen LogP contribution in [0, 0.1) is 0 Å². The molecule has 0 spiro atoms. The van der Waals surface area contributed by atoms with Gasteiger partial charge in [-0.05, 0) is 70.5 Å². The third-order valence-corrected chi connectivity index (χ3v) is 5.81. The Balaban J connectivity index is 1.43. The van der Waals surface area contributed by atoms with E-state index < -0.39 is 5.97 Å². The molecule has 164 valence electrons. The Morgan fingerprint density at radius 2 is 1.81 bits per heavy atom. The molecular formula is C26H25NO5. The maximum absolute atomic E-state index is 12.7. The zero-order valence-corrected chi connectivity index (χ0v) is 18.1. The van der Waals surface area contributed by atoms with Crippen molar-refractivity contribution in [3.63, 3.8) is 0 Å². The fourth-order valence-corrected chi connectivity index (χ4v) is 4.20. The van der Waals surface area contributed by atoms with Crippen molar-refractivity contribution < 1.29 is 24.2 Å². The molecule has 0 fully saturated rings. The Kier molecular flexibility index (Phi) is 6.12. The Morgan fingerprint density at radius 3 is 2.56 bits per heavy atom. The van der Waals surface area contributed by atoms with Crippen molar-refractivity contribution in [1.29, 1.82) is 0 Å². The molecule has 0 saturated heterocycles. The Bertz CT molecular complexity index is 1180. The Morgan fingerprint density at radius 1 is 1.00 bits per heavy atom. The summed E-state index contributed by atoms with van der Waals surface area (Å²) in [6.45, 7) is 0.445. The topological polar surface area (TPSA) is 84.9 Å². The lowest BCUT2D eigenvalue weighted by Crippen LogP contribution is -2.27. The summed E-state index contributed by atoms with van der Waals surface area (Å²) in [5.74, 6) is -0.0399. The van der Waals surface area contributed by atoms with Crippen LogP contribution in [0.2, 0.25) is 0 Å². The van der Waals surface area contributed by atoms with Crippen molar-refractivity contribution in [2.75, 3.05) is 20.8 Å². The summed E-state index contributed by atoms with van der Waals surface area (Å²) in [6, 6.07) is 17.2. The van der Waals surface area contributed by atoms with Crippen LogP contribution in [0.5, 0.6) is 11.5 Å². The molecule has 0 bridgehead atoms. The average Bonchev–Trinajstić information content (AvgIpc) is 3.17. The molecule has 0 aromatic heterocycles. The predicted octanol–water partition coefficient (Wildman–Crippen LogP) is 3.87. The maximum atomic E-state index is 12.7. The molecule has 32 heavy (non-hydrogen) atoms. The molecule has 6 nitrogen and oxygen atoms in total. The van der Waals surface area contributed by atoms with Crippen LogP contribution in [0.3, 0.4) is 0 Å². The van der Waals surface area contributed by atoms with Gasteiger partial charge < -0.3 is 19.9 Å². The van der Waals surface area contributed by atoms with Gasteiger partial charge in [0.2, 0.25) is 5.91 Å². The van der Waals surface area contributed by atoms with E-state index in [0.29, 0.717) is 18.7 Å². The van der Waals surface area contributed by atoms with E-state index in [2.05, 4.69) is 17.4 Å². The minimum Gasteiger partial charge on any atom is -0.497 e. The van der Waals surface area contributed by atoms with Crippen LogP contribution in [-0.2, 0) is 24.1 Å². The van der Waals surface area contributed by atoms with Crippen molar-refractivity contribution >= 4 is 11.9 Å². The second kappa shape index (κ2) is 9.14. The van der Waals surface area contributed by atoms with Crippen molar-refractivity contribution in [3.05, 3.63) is 82.4 Å². The molecule has 0 atom stereocenters. The minimum atomic E-state index is -1.03. The van der Waals surface area contributed by atoms with E-state index in [4.69, 9.17) is 9.47 Å². The number of hydrogen-bond donors (Lipinski definition) is 2. The number of carbonyl (C=O) groups is 2. The van der Waals surface area contributed by atoms with Crippen LogP contribution < -0.4 is 14.8 Å². The molecule has 2 N–H and O–H groups in total. The number of hydrogen-bond acceptors (Lipinski definition) is 4. The van der Waals surface area contributed by atoms with Gasteiger partial charge in [-0.1, -0.05) is 30.3 Å². The average molecular weight is 431 g/mol. The fourth-order valence-electron chi connectivity index (χ4n) is 4.20. The predicted molar refractivity (Wildman–Crippen MR) is 122 cm³/mol. The van der Waals surface area contributed by atoms with Gasteiger partial charge in [-0.25, -0.2) is 4.79 Å². The molecule has 6 heteroatoms. The molecule has 1 aliphatic carbocycles. The normalized spacial score (nSPS) is 11.4. The summed E-state index contributed by atoms with van der Waals surface area (Å²) in [7, 11) is 3.08. The van der Waals surface area contributed by atoms with Gasteiger partial charge in [-0.2, -0.15) is 0 Å². The molecule has 3 aromatic rings. The van der Waals surface area contributed by atoms with Gasteiger partial charge in [0.15, 0.2) is 0 Å². The van der Waals surface area contributed by atoms with Gasteiger partial charge in [0.05, 0.1) is 20.6 Å². The molecule has 0 heterocycles. The van der Waals surface area contributed by atoms with Crippen LogP contribution in [0.1, 0.15) is 32.6 Å². The van der Waals surface area contributed by atoms with Crippen LogP contribution in [-0.4, -0.2) is 37.7 Å². The maximum Gasteiger partial charge on any atom is 0.339 e. The number of methoxy groups -OCH3 is 2. The molecular weight excluding hydrogens is 406 g/mol. The van der Waals surface area contributed by atoms with Gasteiger partial charge in [0.25, 0.3) is 0 Å².